The second-order valence-corrected chi connectivity index (χ2v) is 5.87. The fourth-order valence-electron chi connectivity index (χ4n) is 2.52. The van der Waals surface area contributed by atoms with Crippen molar-refractivity contribution >= 4 is 21.8 Å². The maximum atomic E-state index is 12.4. The van der Waals surface area contributed by atoms with Gasteiger partial charge in [0.25, 0.3) is 0 Å². The van der Waals surface area contributed by atoms with Gasteiger partial charge in [-0.05, 0) is 40.9 Å². The van der Waals surface area contributed by atoms with Crippen LogP contribution >= 0.6 is 15.9 Å². The largest absolute Gasteiger partial charge is 0.452 e. The van der Waals surface area contributed by atoms with E-state index in [9.17, 15) is 4.79 Å². The topological polar surface area (TPSA) is 59.5 Å². The number of amides is 1. The number of carbonyl (C=O) groups is 1. The molecule has 2 rings (SSSR count). The van der Waals surface area contributed by atoms with E-state index in [-0.39, 0.29) is 5.91 Å². The van der Waals surface area contributed by atoms with Crippen molar-refractivity contribution in [3.05, 3.63) is 22.6 Å². The van der Waals surface area contributed by atoms with Crippen LogP contribution in [-0.4, -0.2) is 23.4 Å². The third-order valence-corrected chi connectivity index (χ3v) is 3.97. The van der Waals surface area contributed by atoms with Gasteiger partial charge in [-0.2, -0.15) is 0 Å². The van der Waals surface area contributed by atoms with Crippen LogP contribution in [0, 0.1) is 0 Å². The molecule has 1 aliphatic carbocycles. The number of furan rings is 1. The molecule has 0 aromatic carbocycles. The minimum Gasteiger partial charge on any atom is -0.452 e. The van der Waals surface area contributed by atoms with E-state index in [4.69, 9.17) is 10.2 Å². The molecule has 100 valence electrons. The van der Waals surface area contributed by atoms with Crippen LogP contribution in [0.4, 0.5) is 0 Å². The molecule has 0 radical (unpaired) electrons. The standard InChI is InChI=1S/C13H19BrN2O2/c1-16(9-10-5-6-11(14)18-10)12(17)13(15)7-3-2-4-8-13/h5-6H,2-4,7-9,15H2,1H3. The average molecular weight is 315 g/mol. The Morgan fingerprint density at radius 2 is 2.11 bits per heavy atom. The van der Waals surface area contributed by atoms with Crippen molar-refractivity contribution < 1.29 is 9.21 Å². The molecular weight excluding hydrogens is 296 g/mol. The smallest absolute Gasteiger partial charge is 0.242 e. The number of rotatable bonds is 3. The average Bonchev–Trinajstić information content (AvgIpc) is 2.74. The third kappa shape index (κ3) is 2.95. The quantitative estimate of drug-likeness (QED) is 0.933. The van der Waals surface area contributed by atoms with Gasteiger partial charge in [0.15, 0.2) is 4.67 Å². The Kier molecular flexibility index (Phi) is 4.12. The zero-order valence-electron chi connectivity index (χ0n) is 10.6. The second kappa shape index (κ2) is 5.45. The van der Waals surface area contributed by atoms with E-state index in [2.05, 4.69) is 15.9 Å². The molecule has 4 nitrogen and oxygen atoms in total. The second-order valence-electron chi connectivity index (χ2n) is 5.08. The van der Waals surface area contributed by atoms with Gasteiger partial charge in [0.2, 0.25) is 5.91 Å². The number of likely N-dealkylation sites (N-methyl/N-ethyl adjacent to an activating group) is 1. The highest BCUT2D eigenvalue weighted by Gasteiger charge is 2.37. The minimum atomic E-state index is -0.670. The van der Waals surface area contributed by atoms with E-state index in [1.54, 1.807) is 11.9 Å². The maximum absolute atomic E-state index is 12.4. The van der Waals surface area contributed by atoms with Crippen molar-refractivity contribution in [2.45, 2.75) is 44.2 Å². The Hall–Kier alpha value is -0.810. The van der Waals surface area contributed by atoms with Crippen molar-refractivity contribution in [1.82, 2.24) is 4.90 Å². The molecule has 0 bridgehead atoms. The van der Waals surface area contributed by atoms with Gasteiger partial charge in [0.05, 0.1) is 12.1 Å². The van der Waals surface area contributed by atoms with Gasteiger partial charge < -0.3 is 15.1 Å². The summed E-state index contributed by atoms with van der Waals surface area (Å²) < 4.78 is 6.09. The molecule has 2 N–H and O–H groups in total. The van der Waals surface area contributed by atoms with Gasteiger partial charge in [0, 0.05) is 7.05 Å². The van der Waals surface area contributed by atoms with Crippen molar-refractivity contribution in [1.29, 1.82) is 0 Å². The van der Waals surface area contributed by atoms with Gasteiger partial charge in [-0.15, -0.1) is 0 Å². The number of hydrogen-bond donors (Lipinski definition) is 1. The Balaban J connectivity index is 1.99. The summed E-state index contributed by atoms with van der Waals surface area (Å²) in [5, 5.41) is 0. The summed E-state index contributed by atoms with van der Waals surface area (Å²) in [5.74, 6) is 0.784. The summed E-state index contributed by atoms with van der Waals surface area (Å²) >= 11 is 3.25. The van der Waals surface area contributed by atoms with E-state index < -0.39 is 5.54 Å². The number of halogens is 1. The van der Waals surface area contributed by atoms with Crippen molar-refractivity contribution in [2.24, 2.45) is 5.73 Å². The van der Waals surface area contributed by atoms with Gasteiger partial charge >= 0.3 is 0 Å². The highest BCUT2D eigenvalue weighted by atomic mass is 79.9. The SMILES string of the molecule is CN(Cc1ccc(Br)o1)C(=O)C1(N)CCCCC1. The first-order valence-electron chi connectivity index (χ1n) is 6.30. The molecule has 1 heterocycles. The van der Waals surface area contributed by atoms with Crippen molar-refractivity contribution in [3.63, 3.8) is 0 Å². The molecule has 0 aliphatic heterocycles. The highest BCUT2D eigenvalue weighted by Crippen LogP contribution is 2.28. The molecule has 1 saturated carbocycles. The van der Waals surface area contributed by atoms with E-state index >= 15 is 0 Å². The van der Waals surface area contributed by atoms with Crippen LogP contribution < -0.4 is 5.73 Å². The lowest BCUT2D eigenvalue weighted by atomic mass is 9.81. The van der Waals surface area contributed by atoms with Crippen LogP contribution in [0.25, 0.3) is 0 Å². The molecule has 1 amide bonds. The molecule has 1 aliphatic rings. The fourth-order valence-corrected chi connectivity index (χ4v) is 2.86. The monoisotopic (exact) mass is 314 g/mol. The molecule has 5 heteroatoms. The summed E-state index contributed by atoms with van der Waals surface area (Å²) in [5.41, 5.74) is 5.56. The van der Waals surface area contributed by atoms with Crippen LogP contribution in [0.5, 0.6) is 0 Å². The van der Waals surface area contributed by atoms with E-state index in [0.29, 0.717) is 11.2 Å². The Labute approximate surface area is 116 Å². The van der Waals surface area contributed by atoms with Crippen molar-refractivity contribution in [3.8, 4) is 0 Å². The first-order valence-corrected chi connectivity index (χ1v) is 7.09. The van der Waals surface area contributed by atoms with Gasteiger partial charge in [-0.3, -0.25) is 4.79 Å². The summed E-state index contributed by atoms with van der Waals surface area (Å²) in [6.07, 6.45) is 4.85. The predicted molar refractivity (Wildman–Crippen MR) is 72.9 cm³/mol. The van der Waals surface area contributed by atoms with E-state index in [0.717, 1.165) is 31.4 Å². The minimum absolute atomic E-state index is 0.0229. The Morgan fingerprint density at radius 3 is 2.67 bits per heavy atom. The van der Waals surface area contributed by atoms with Gasteiger partial charge in [-0.25, -0.2) is 0 Å². The first kappa shape index (κ1) is 13.6. The molecule has 0 atom stereocenters. The van der Waals surface area contributed by atoms with Crippen molar-refractivity contribution in [2.75, 3.05) is 7.05 Å². The van der Waals surface area contributed by atoms with Crippen LogP contribution in [-0.2, 0) is 11.3 Å². The van der Waals surface area contributed by atoms with Crippen LogP contribution in [0.1, 0.15) is 37.9 Å². The van der Waals surface area contributed by atoms with Crippen LogP contribution in [0.3, 0.4) is 0 Å². The number of carbonyl (C=O) groups excluding carboxylic acids is 1. The molecule has 1 aromatic rings. The van der Waals surface area contributed by atoms with Gasteiger partial charge in [0.1, 0.15) is 5.76 Å². The normalized spacial score (nSPS) is 18.6. The number of nitrogens with zero attached hydrogens (tertiary/aromatic N) is 1. The lowest BCUT2D eigenvalue weighted by molar-refractivity contribution is -0.137. The molecule has 18 heavy (non-hydrogen) atoms. The number of hydrogen-bond acceptors (Lipinski definition) is 3. The summed E-state index contributed by atoms with van der Waals surface area (Å²) in [6, 6.07) is 3.68. The summed E-state index contributed by atoms with van der Waals surface area (Å²) in [4.78, 5) is 14.0. The van der Waals surface area contributed by atoms with Crippen LogP contribution in [0.2, 0.25) is 0 Å². The lowest BCUT2D eigenvalue weighted by Crippen LogP contribution is -2.55. The van der Waals surface area contributed by atoms with Gasteiger partial charge in [-0.1, -0.05) is 19.3 Å². The molecular formula is C13H19BrN2O2. The molecule has 0 unspecified atom stereocenters. The van der Waals surface area contributed by atoms with Crippen LogP contribution in [0.15, 0.2) is 21.2 Å². The zero-order valence-corrected chi connectivity index (χ0v) is 12.2. The molecule has 0 saturated heterocycles. The lowest BCUT2D eigenvalue weighted by Gasteiger charge is -2.35. The Bertz CT molecular complexity index is 424. The molecule has 1 fully saturated rings. The first-order chi connectivity index (χ1) is 8.51. The fraction of sp³-hybridized carbons (Fsp3) is 0.615. The highest BCUT2D eigenvalue weighted by molar-refractivity contribution is 9.10. The third-order valence-electron chi connectivity index (χ3n) is 3.54. The number of nitrogens with two attached hydrogens (primary N) is 1. The zero-order chi connectivity index (χ0) is 13.2. The predicted octanol–water partition coefficient (Wildman–Crippen LogP) is 2.66. The molecule has 1 aromatic heterocycles. The maximum Gasteiger partial charge on any atom is 0.242 e. The summed E-state index contributed by atoms with van der Waals surface area (Å²) in [6.45, 7) is 0.462. The van der Waals surface area contributed by atoms with E-state index in [1.807, 2.05) is 12.1 Å². The Morgan fingerprint density at radius 1 is 1.44 bits per heavy atom. The molecule has 0 spiro atoms. The summed E-state index contributed by atoms with van der Waals surface area (Å²) in [7, 11) is 1.78. The van der Waals surface area contributed by atoms with E-state index in [1.165, 1.54) is 6.42 Å².